The Morgan fingerprint density at radius 3 is 2.80 bits per heavy atom. The molecule has 1 saturated carbocycles. The maximum absolute atomic E-state index is 5.49. The van der Waals surface area contributed by atoms with E-state index in [1.165, 1.54) is 17.7 Å². The van der Waals surface area contributed by atoms with Crippen molar-refractivity contribution in [3.8, 4) is 11.4 Å². The minimum atomic E-state index is -0.244. The van der Waals surface area contributed by atoms with Crippen molar-refractivity contribution in [3.63, 3.8) is 0 Å². The van der Waals surface area contributed by atoms with E-state index < -0.39 is 0 Å². The third kappa shape index (κ3) is 4.16. The Balaban J connectivity index is 1.28. The van der Waals surface area contributed by atoms with E-state index in [4.69, 9.17) is 9.26 Å². The zero-order valence-corrected chi connectivity index (χ0v) is 19.8. The summed E-state index contributed by atoms with van der Waals surface area (Å²) < 4.78 is 12.6. The first kappa shape index (κ1) is 21.8. The van der Waals surface area contributed by atoms with Crippen molar-refractivity contribution in [2.75, 3.05) is 31.6 Å². The van der Waals surface area contributed by atoms with E-state index in [2.05, 4.69) is 55.2 Å². The third-order valence-corrected chi connectivity index (χ3v) is 7.21. The highest BCUT2D eigenvalue weighted by atomic mass is 16.5. The Hall–Kier alpha value is -3.72. The molecule has 180 valence electrons. The lowest BCUT2D eigenvalue weighted by Gasteiger charge is -2.27. The van der Waals surface area contributed by atoms with Gasteiger partial charge in [0.25, 0.3) is 0 Å². The standard InChI is InChI=1S/C26H29N7O2/c1-34-21-11-9-20(10-12-21)33-26(28-30-31-33)25(22-17-35-29-24(22)19-6-4-7-19)27-14-16-32-15-13-18-5-2-3-8-23(18)32/h2-3,5,8-12,17,19,25,27H,4,6-7,13-16H2,1H3. The van der Waals surface area contributed by atoms with Gasteiger partial charge in [0.15, 0.2) is 5.82 Å². The molecule has 1 aliphatic carbocycles. The fourth-order valence-electron chi connectivity index (χ4n) is 5.07. The predicted octanol–water partition coefficient (Wildman–Crippen LogP) is 3.67. The van der Waals surface area contributed by atoms with Gasteiger partial charge in [0.05, 0.1) is 18.5 Å². The zero-order chi connectivity index (χ0) is 23.6. The lowest BCUT2D eigenvalue weighted by Crippen LogP contribution is -2.35. The van der Waals surface area contributed by atoms with Crippen LogP contribution in [0.5, 0.6) is 5.75 Å². The quantitative estimate of drug-likeness (QED) is 0.395. The summed E-state index contributed by atoms with van der Waals surface area (Å²) >= 11 is 0. The Morgan fingerprint density at radius 1 is 1.14 bits per heavy atom. The molecule has 1 atom stereocenters. The van der Waals surface area contributed by atoms with E-state index in [1.807, 2.05) is 24.3 Å². The molecule has 0 radical (unpaired) electrons. The minimum absolute atomic E-state index is 0.244. The van der Waals surface area contributed by atoms with Crippen molar-refractivity contribution in [1.29, 1.82) is 0 Å². The van der Waals surface area contributed by atoms with Gasteiger partial charge in [-0.2, -0.15) is 4.68 Å². The van der Waals surface area contributed by atoms with E-state index in [-0.39, 0.29) is 6.04 Å². The number of anilines is 1. The second-order valence-electron chi connectivity index (χ2n) is 9.18. The van der Waals surface area contributed by atoms with E-state index in [0.717, 1.165) is 61.6 Å². The zero-order valence-electron chi connectivity index (χ0n) is 19.8. The van der Waals surface area contributed by atoms with E-state index >= 15 is 0 Å². The summed E-state index contributed by atoms with van der Waals surface area (Å²) in [4.78, 5) is 2.44. The van der Waals surface area contributed by atoms with Crippen molar-refractivity contribution in [3.05, 3.63) is 77.4 Å². The average Bonchev–Trinajstić information content (AvgIpc) is 3.62. The van der Waals surface area contributed by atoms with Crippen molar-refractivity contribution in [1.82, 2.24) is 30.7 Å². The molecule has 2 aromatic heterocycles. The summed E-state index contributed by atoms with van der Waals surface area (Å²) in [5.41, 5.74) is 5.64. The topological polar surface area (TPSA) is 94.1 Å². The summed E-state index contributed by atoms with van der Waals surface area (Å²) in [6.45, 7) is 2.70. The Labute approximate surface area is 204 Å². The number of ether oxygens (including phenoxy) is 1. The summed E-state index contributed by atoms with van der Waals surface area (Å²) in [5.74, 6) is 1.93. The lowest BCUT2D eigenvalue weighted by atomic mass is 9.80. The first-order valence-electron chi connectivity index (χ1n) is 12.2. The van der Waals surface area contributed by atoms with Crippen LogP contribution in [0.25, 0.3) is 5.69 Å². The fourth-order valence-corrected chi connectivity index (χ4v) is 5.07. The van der Waals surface area contributed by atoms with Crippen LogP contribution in [0.1, 0.15) is 53.9 Å². The average molecular weight is 472 g/mol. The van der Waals surface area contributed by atoms with Gasteiger partial charge < -0.3 is 19.5 Å². The van der Waals surface area contributed by atoms with Gasteiger partial charge in [-0.3, -0.25) is 0 Å². The normalized spacial score (nSPS) is 16.2. The van der Waals surface area contributed by atoms with Crippen molar-refractivity contribution in [2.45, 2.75) is 37.6 Å². The van der Waals surface area contributed by atoms with Crippen LogP contribution in [-0.4, -0.2) is 52.1 Å². The smallest absolute Gasteiger partial charge is 0.178 e. The number of tetrazole rings is 1. The Morgan fingerprint density at radius 2 is 2.00 bits per heavy atom. The van der Waals surface area contributed by atoms with Crippen LogP contribution < -0.4 is 15.0 Å². The van der Waals surface area contributed by atoms with Gasteiger partial charge >= 0.3 is 0 Å². The highest BCUT2D eigenvalue weighted by Crippen LogP contribution is 2.40. The fraction of sp³-hybridized carbons (Fsp3) is 0.385. The summed E-state index contributed by atoms with van der Waals surface area (Å²) in [6, 6.07) is 16.1. The summed E-state index contributed by atoms with van der Waals surface area (Å²) in [6.07, 6.45) is 6.35. The second kappa shape index (κ2) is 9.50. The number of methoxy groups -OCH3 is 1. The van der Waals surface area contributed by atoms with E-state index in [9.17, 15) is 0 Å². The van der Waals surface area contributed by atoms with Crippen molar-refractivity contribution >= 4 is 5.69 Å². The number of rotatable bonds is 9. The Kier molecular flexibility index (Phi) is 5.91. The van der Waals surface area contributed by atoms with Crippen LogP contribution in [0.3, 0.4) is 0 Å². The molecule has 2 aromatic carbocycles. The maximum Gasteiger partial charge on any atom is 0.178 e. The molecule has 6 rings (SSSR count). The van der Waals surface area contributed by atoms with Crippen LogP contribution in [0, 0.1) is 0 Å². The second-order valence-corrected chi connectivity index (χ2v) is 9.18. The molecule has 0 amide bonds. The summed E-state index contributed by atoms with van der Waals surface area (Å²) in [5, 5.41) is 20.9. The molecular formula is C26H29N7O2. The first-order chi connectivity index (χ1) is 17.3. The highest BCUT2D eigenvalue weighted by molar-refractivity contribution is 5.57. The largest absolute Gasteiger partial charge is 0.497 e. The predicted molar refractivity (Wildman–Crippen MR) is 131 cm³/mol. The van der Waals surface area contributed by atoms with E-state index in [1.54, 1.807) is 18.1 Å². The van der Waals surface area contributed by atoms with E-state index in [0.29, 0.717) is 11.7 Å². The molecule has 1 unspecified atom stereocenters. The molecule has 4 aromatic rings. The monoisotopic (exact) mass is 471 g/mol. The molecular weight excluding hydrogens is 442 g/mol. The molecule has 0 bridgehead atoms. The number of nitrogens with one attached hydrogen (secondary N) is 1. The van der Waals surface area contributed by atoms with Crippen LogP contribution in [0.2, 0.25) is 0 Å². The number of hydrogen-bond acceptors (Lipinski definition) is 8. The van der Waals surface area contributed by atoms with Crippen LogP contribution in [-0.2, 0) is 6.42 Å². The molecule has 9 nitrogen and oxygen atoms in total. The molecule has 3 heterocycles. The number of benzene rings is 2. The molecule has 35 heavy (non-hydrogen) atoms. The molecule has 2 aliphatic rings. The highest BCUT2D eigenvalue weighted by Gasteiger charge is 2.32. The van der Waals surface area contributed by atoms with Gasteiger partial charge in [0.2, 0.25) is 0 Å². The number of hydrogen-bond donors (Lipinski definition) is 1. The molecule has 1 aliphatic heterocycles. The molecule has 9 heteroatoms. The molecule has 1 fully saturated rings. The van der Waals surface area contributed by atoms with Gasteiger partial charge in [-0.1, -0.05) is 29.8 Å². The Bertz CT molecular complexity index is 1280. The third-order valence-electron chi connectivity index (χ3n) is 7.21. The number of fused-ring (bicyclic) bond motifs is 1. The molecule has 0 saturated heterocycles. The van der Waals surface area contributed by atoms with Crippen LogP contribution in [0.15, 0.2) is 59.3 Å². The maximum atomic E-state index is 5.49. The molecule has 1 N–H and O–H groups in total. The number of nitrogens with zero attached hydrogens (tertiary/aromatic N) is 6. The minimum Gasteiger partial charge on any atom is -0.497 e. The van der Waals surface area contributed by atoms with Crippen LogP contribution in [0.4, 0.5) is 5.69 Å². The molecule has 0 spiro atoms. The van der Waals surface area contributed by atoms with Gasteiger partial charge in [-0.05, 0) is 65.6 Å². The van der Waals surface area contributed by atoms with Crippen molar-refractivity contribution < 1.29 is 9.26 Å². The summed E-state index contributed by atoms with van der Waals surface area (Å²) in [7, 11) is 1.66. The van der Waals surface area contributed by atoms with Gasteiger partial charge in [0.1, 0.15) is 18.1 Å². The van der Waals surface area contributed by atoms with Gasteiger partial charge in [0, 0.05) is 36.8 Å². The van der Waals surface area contributed by atoms with Crippen LogP contribution >= 0.6 is 0 Å². The number of para-hydroxylation sites is 1. The lowest BCUT2D eigenvalue weighted by molar-refractivity contribution is 0.362. The SMILES string of the molecule is COc1ccc(-n2nnnc2C(NCCN2CCc3ccccc32)c2conc2C2CCC2)cc1. The van der Waals surface area contributed by atoms with Crippen molar-refractivity contribution in [2.24, 2.45) is 0 Å². The van der Waals surface area contributed by atoms with Gasteiger partial charge in [-0.25, -0.2) is 0 Å². The van der Waals surface area contributed by atoms with Gasteiger partial charge in [-0.15, -0.1) is 5.10 Å². The first-order valence-corrected chi connectivity index (χ1v) is 12.2. The number of aromatic nitrogens is 5.